The lowest BCUT2D eigenvalue weighted by atomic mass is 10.1. The van der Waals surface area contributed by atoms with Crippen LogP contribution in [0.4, 0.5) is 10.5 Å². The van der Waals surface area contributed by atoms with Crippen molar-refractivity contribution in [1.29, 1.82) is 0 Å². The molecule has 0 aliphatic heterocycles. The van der Waals surface area contributed by atoms with E-state index in [-0.39, 0.29) is 0 Å². The van der Waals surface area contributed by atoms with Crippen LogP contribution >= 0.6 is 0 Å². The first-order chi connectivity index (χ1) is 10.2. The number of pyridine rings is 1. The summed E-state index contributed by atoms with van der Waals surface area (Å²) in [6.45, 7) is 0. The van der Waals surface area contributed by atoms with Gasteiger partial charge in [-0.3, -0.25) is 4.98 Å². The van der Waals surface area contributed by atoms with Crippen LogP contribution in [-0.4, -0.2) is 11.1 Å². The highest BCUT2D eigenvalue weighted by atomic mass is 16.5. The number of fused-ring (bicyclic) bond motifs is 1. The van der Waals surface area contributed by atoms with Crippen LogP contribution in [0, 0.1) is 0 Å². The van der Waals surface area contributed by atoms with Crippen LogP contribution in [0.2, 0.25) is 0 Å². The highest BCUT2D eigenvalue weighted by Crippen LogP contribution is 2.18. The third kappa shape index (κ3) is 4.21. The number of primary amides is 1. The molecule has 0 aliphatic rings. The number of para-hydroxylation sites is 1. The summed E-state index contributed by atoms with van der Waals surface area (Å²) >= 11 is 0. The molecular formula is C16H15N3O2. The Balaban J connectivity index is 0.000000155. The molecule has 3 aromatic rings. The lowest BCUT2D eigenvalue weighted by Crippen LogP contribution is -2.15. The highest BCUT2D eigenvalue weighted by molar-refractivity contribution is 5.91. The van der Waals surface area contributed by atoms with E-state index >= 15 is 0 Å². The number of carbonyl (C=O) groups excluding carboxylic acids is 1. The number of nitrogen functional groups attached to an aromatic ring is 1. The summed E-state index contributed by atoms with van der Waals surface area (Å²) in [5, 5.41) is 2.16. The Morgan fingerprint density at radius 3 is 2.43 bits per heavy atom. The summed E-state index contributed by atoms with van der Waals surface area (Å²) in [4.78, 5) is 14.2. The molecule has 1 heterocycles. The van der Waals surface area contributed by atoms with E-state index in [4.69, 9.17) is 11.5 Å². The molecule has 1 aromatic heterocycles. The molecule has 0 aliphatic carbocycles. The number of amides is 1. The average molecular weight is 281 g/mol. The fourth-order valence-electron chi connectivity index (χ4n) is 1.75. The van der Waals surface area contributed by atoms with Gasteiger partial charge in [-0.25, -0.2) is 4.79 Å². The van der Waals surface area contributed by atoms with E-state index in [0.29, 0.717) is 5.75 Å². The van der Waals surface area contributed by atoms with Crippen LogP contribution in [0.25, 0.3) is 10.8 Å². The van der Waals surface area contributed by atoms with Crippen molar-refractivity contribution in [1.82, 2.24) is 4.98 Å². The number of nitrogens with zero attached hydrogens (tertiary/aromatic N) is 1. The molecular weight excluding hydrogens is 266 g/mol. The van der Waals surface area contributed by atoms with Gasteiger partial charge in [-0.2, -0.15) is 0 Å². The summed E-state index contributed by atoms with van der Waals surface area (Å²) in [6.07, 6.45) is 2.77. The van der Waals surface area contributed by atoms with E-state index in [9.17, 15) is 4.79 Å². The number of hydrogen-bond donors (Lipinski definition) is 2. The summed E-state index contributed by atoms with van der Waals surface area (Å²) in [5.41, 5.74) is 11.3. The number of nitrogens with two attached hydrogens (primary N) is 2. The number of hydrogen-bond acceptors (Lipinski definition) is 4. The van der Waals surface area contributed by atoms with E-state index < -0.39 is 6.09 Å². The molecule has 3 rings (SSSR count). The van der Waals surface area contributed by atoms with Crippen LogP contribution < -0.4 is 16.2 Å². The van der Waals surface area contributed by atoms with Gasteiger partial charge in [0.1, 0.15) is 5.75 Å². The van der Waals surface area contributed by atoms with Crippen molar-refractivity contribution in [3.63, 3.8) is 0 Å². The lowest BCUT2D eigenvalue weighted by molar-refractivity contribution is 0.211. The number of carbonyl (C=O) groups is 1. The molecule has 106 valence electrons. The summed E-state index contributed by atoms with van der Waals surface area (Å²) < 4.78 is 4.55. The van der Waals surface area contributed by atoms with Crippen molar-refractivity contribution in [2.24, 2.45) is 5.73 Å². The quantitative estimate of drug-likeness (QED) is 0.671. The first-order valence-electron chi connectivity index (χ1n) is 6.27. The van der Waals surface area contributed by atoms with E-state index in [1.807, 2.05) is 36.5 Å². The molecule has 21 heavy (non-hydrogen) atoms. The maximum Gasteiger partial charge on any atom is 0.409 e. The minimum atomic E-state index is -0.786. The van der Waals surface area contributed by atoms with Crippen molar-refractivity contribution < 1.29 is 9.53 Å². The molecule has 0 saturated carbocycles. The molecule has 0 unspecified atom stereocenters. The molecule has 0 spiro atoms. The number of anilines is 1. The number of ether oxygens (including phenoxy) is 1. The zero-order valence-corrected chi connectivity index (χ0v) is 11.3. The fourth-order valence-corrected chi connectivity index (χ4v) is 1.75. The summed E-state index contributed by atoms with van der Waals surface area (Å²) in [7, 11) is 0. The molecule has 5 heteroatoms. The monoisotopic (exact) mass is 281 g/mol. The van der Waals surface area contributed by atoms with Crippen molar-refractivity contribution in [2.45, 2.75) is 0 Å². The fraction of sp³-hybridized carbons (Fsp3) is 0. The largest absolute Gasteiger partial charge is 0.411 e. The molecule has 0 atom stereocenters. The van der Waals surface area contributed by atoms with Gasteiger partial charge in [-0.1, -0.05) is 30.3 Å². The number of aromatic nitrogens is 1. The molecule has 0 radical (unpaired) electrons. The van der Waals surface area contributed by atoms with Crippen LogP contribution in [0.15, 0.2) is 67.0 Å². The van der Waals surface area contributed by atoms with Gasteiger partial charge in [-0.05, 0) is 24.3 Å². The maximum absolute atomic E-state index is 10.2. The molecule has 0 saturated heterocycles. The molecule has 4 N–H and O–H groups in total. The van der Waals surface area contributed by atoms with Gasteiger partial charge >= 0.3 is 6.09 Å². The van der Waals surface area contributed by atoms with Crippen LogP contribution in [0.5, 0.6) is 5.75 Å². The Labute approximate surface area is 122 Å². The summed E-state index contributed by atoms with van der Waals surface area (Å²) in [6, 6.07) is 16.4. The standard InChI is InChI=1S/C9H8N2.C7H7NO2/c10-9-3-1-2-7-6-11-5-4-8(7)9;8-7(9)10-6-4-2-1-3-5-6/h1-6H,10H2;1-5H,(H2,8,9). The lowest BCUT2D eigenvalue weighted by Gasteiger charge is -1.98. The van der Waals surface area contributed by atoms with Gasteiger partial charge in [0, 0.05) is 28.9 Å². The molecule has 1 amide bonds. The van der Waals surface area contributed by atoms with Gasteiger partial charge in [0.25, 0.3) is 0 Å². The Morgan fingerprint density at radius 1 is 1.00 bits per heavy atom. The van der Waals surface area contributed by atoms with Crippen LogP contribution in [-0.2, 0) is 0 Å². The van der Waals surface area contributed by atoms with Crippen molar-refractivity contribution in [2.75, 3.05) is 5.73 Å². The van der Waals surface area contributed by atoms with Gasteiger partial charge in [0.05, 0.1) is 0 Å². The third-order valence-electron chi connectivity index (χ3n) is 2.68. The normalized spacial score (nSPS) is 9.52. The van der Waals surface area contributed by atoms with Gasteiger partial charge in [0.2, 0.25) is 0 Å². The van der Waals surface area contributed by atoms with Gasteiger partial charge in [-0.15, -0.1) is 0 Å². The third-order valence-corrected chi connectivity index (χ3v) is 2.68. The van der Waals surface area contributed by atoms with Crippen molar-refractivity contribution >= 4 is 22.6 Å². The first kappa shape index (κ1) is 14.3. The second kappa shape index (κ2) is 6.91. The van der Waals surface area contributed by atoms with Crippen LogP contribution in [0.1, 0.15) is 0 Å². The predicted molar refractivity (Wildman–Crippen MR) is 82.8 cm³/mol. The van der Waals surface area contributed by atoms with Gasteiger partial charge < -0.3 is 16.2 Å². The van der Waals surface area contributed by atoms with Gasteiger partial charge in [0.15, 0.2) is 0 Å². The van der Waals surface area contributed by atoms with E-state index in [2.05, 4.69) is 9.72 Å². The average Bonchev–Trinajstić information content (AvgIpc) is 2.49. The van der Waals surface area contributed by atoms with E-state index in [0.717, 1.165) is 16.5 Å². The highest BCUT2D eigenvalue weighted by Gasteiger charge is 1.94. The van der Waals surface area contributed by atoms with Crippen LogP contribution in [0.3, 0.4) is 0 Å². The Hall–Kier alpha value is -3.08. The Bertz CT molecular complexity index is 724. The number of benzene rings is 2. The zero-order chi connectivity index (χ0) is 15.1. The minimum Gasteiger partial charge on any atom is -0.411 e. The maximum atomic E-state index is 10.2. The van der Waals surface area contributed by atoms with E-state index in [1.54, 1.807) is 30.5 Å². The molecule has 0 fully saturated rings. The zero-order valence-electron chi connectivity index (χ0n) is 11.3. The minimum absolute atomic E-state index is 0.468. The van der Waals surface area contributed by atoms with E-state index in [1.165, 1.54) is 0 Å². The Morgan fingerprint density at radius 2 is 1.76 bits per heavy atom. The summed E-state index contributed by atoms with van der Waals surface area (Å²) in [5.74, 6) is 0.468. The second-order valence-corrected chi connectivity index (χ2v) is 4.18. The molecule has 0 bridgehead atoms. The van der Waals surface area contributed by atoms with Crippen molar-refractivity contribution in [3.05, 3.63) is 67.0 Å². The smallest absolute Gasteiger partial charge is 0.409 e. The Kier molecular flexibility index (Phi) is 4.71. The first-order valence-corrected chi connectivity index (χ1v) is 6.27. The predicted octanol–water partition coefficient (Wildman–Crippen LogP) is 2.96. The molecule has 5 nitrogen and oxygen atoms in total. The number of rotatable bonds is 1. The topological polar surface area (TPSA) is 91.2 Å². The van der Waals surface area contributed by atoms with Crippen molar-refractivity contribution in [3.8, 4) is 5.75 Å². The molecule has 2 aromatic carbocycles. The SMILES string of the molecule is NC(=O)Oc1ccccc1.Nc1cccc2cnccc12. The second-order valence-electron chi connectivity index (χ2n) is 4.18.